The Balaban J connectivity index is 1.54. The van der Waals surface area contributed by atoms with E-state index < -0.39 is 0 Å². The van der Waals surface area contributed by atoms with E-state index in [0.717, 1.165) is 17.1 Å². The number of nitrogens with one attached hydrogen (secondary N) is 2. The highest BCUT2D eigenvalue weighted by atomic mass is 16.1. The van der Waals surface area contributed by atoms with Gasteiger partial charge in [-0.05, 0) is 37.6 Å². The van der Waals surface area contributed by atoms with Crippen LogP contribution in [0, 0.1) is 6.92 Å². The predicted molar refractivity (Wildman–Crippen MR) is 114 cm³/mol. The summed E-state index contributed by atoms with van der Waals surface area (Å²) in [4.78, 5) is 24.5. The van der Waals surface area contributed by atoms with E-state index >= 15 is 0 Å². The van der Waals surface area contributed by atoms with Gasteiger partial charge in [0.1, 0.15) is 0 Å². The molecule has 2 N–H and O–H groups in total. The standard InChI is InChI=1S/C24H24N2O2/c1-18-14-16-20(17-15-18)25-21-10-5-6-11-22(21)26-24(28)13-7-12-23(27)19-8-3-2-4-9-19/h2-6,8-11,14-17,25H,7,12-13H2,1H3,(H,26,28). The van der Waals surface area contributed by atoms with Gasteiger partial charge in [-0.1, -0.05) is 60.2 Å². The van der Waals surface area contributed by atoms with Crippen LogP contribution in [0.5, 0.6) is 0 Å². The van der Waals surface area contributed by atoms with Crippen molar-refractivity contribution < 1.29 is 9.59 Å². The molecule has 1 amide bonds. The van der Waals surface area contributed by atoms with Gasteiger partial charge in [0, 0.05) is 24.1 Å². The number of carbonyl (C=O) groups excluding carboxylic acids is 2. The van der Waals surface area contributed by atoms with Crippen LogP contribution in [0.25, 0.3) is 0 Å². The topological polar surface area (TPSA) is 58.2 Å². The Morgan fingerprint density at radius 2 is 1.39 bits per heavy atom. The number of rotatable bonds is 8. The van der Waals surface area contributed by atoms with Crippen LogP contribution < -0.4 is 10.6 Å². The van der Waals surface area contributed by atoms with Gasteiger partial charge in [-0.2, -0.15) is 0 Å². The minimum Gasteiger partial charge on any atom is -0.354 e. The van der Waals surface area contributed by atoms with Gasteiger partial charge in [0.2, 0.25) is 5.91 Å². The number of ketones is 1. The fraction of sp³-hybridized carbons (Fsp3) is 0.167. The van der Waals surface area contributed by atoms with Crippen molar-refractivity contribution in [2.45, 2.75) is 26.2 Å². The predicted octanol–water partition coefficient (Wildman–Crippen LogP) is 5.73. The SMILES string of the molecule is Cc1ccc(Nc2ccccc2NC(=O)CCCC(=O)c2ccccc2)cc1. The highest BCUT2D eigenvalue weighted by Gasteiger charge is 2.09. The number of Topliss-reactive ketones (excluding diaryl/α,β-unsaturated/α-hetero) is 1. The van der Waals surface area contributed by atoms with Crippen molar-refractivity contribution >= 4 is 28.8 Å². The highest BCUT2D eigenvalue weighted by molar-refractivity contribution is 5.97. The first-order valence-electron chi connectivity index (χ1n) is 9.42. The van der Waals surface area contributed by atoms with E-state index in [1.807, 2.05) is 73.7 Å². The zero-order chi connectivity index (χ0) is 19.8. The minimum absolute atomic E-state index is 0.0647. The third-order valence-corrected chi connectivity index (χ3v) is 4.44. The molecule has 0 aliphatic rings. The van der Waals surface area contributed by atoms with Gasteiger partial charge in [0.15, 0.2) is 5.78 Å². The quantitative estimate of drug-likeness (QED) is 0.496. The molecule has 0 aromatic heterocycles. The smallest absolute Gasteiger partial charge is 0.224 e. The highest BCUT2D eigenvalue weighted by Crippen LogP contribution is 2.25. The molecule has 3 aromatic rings. The van der Waals surface area contributed by atoms with E-state index in [-0.39, 0.29) is 11.7 Å². The molecule has 142 valence electrons. The van der Waals surface area contributed by atoms with Gasteiger partial charge >= 0.3 is 0 Å². The van der Waals surface area contributed by atoms with Crippen molar-refractivity contribution in [2.24, 2.45) is 0 Å². The van der Waals surface area contributed by atoms with E-state index in [1.54, 1.807) is 12.1 Å². The van der Waals surface area contributed by atoms with Gasteiger partial charge in [-0.3, -0.25) is 9.59 Å². The van der Waals surface area contributed by atoms with Crippen molar-refractivity contribution in [3.8, 4) is 0 Å². The van der Waals surface area contributed by atoms with Crippen LogP contribution in [0.15, 0.2) is 78.9 Å². The summed E-state index contributed by atoms with van der Waals surface area (Å²) in [5.41, 5.74) is 4.40. The van der Waals surface area contributed by atoms with E-state index in [1.165, 1.54) is 5.56 Å². The largest absolute Gasteiger partial charge is 0.354 e. The minimum atomic E-state index is -0.0981. The van der Waals surface area contributed by atoms with Crippen LogP contribution in [0.2, 0.25) is 0 Å². The molecule has 4 heteroatoms. The van der Waals surface area contributed by atoms with Crippen molar-refractivity contribution in [1.82, 2.24) is 0 Å². The van der Waals surface area contributed by atoms with Gasteiger partial charge in [0.25, 0.3) is 0 Å². The zero-order valence-electron chi connectivity index (χ0n) is 15.9. The number of hydrogen-bond donors (Lipinski definition) is 2. The normalized spacial score (nSPS) is 10.3. The summed E-state index contributed by atoms with van der Waals surface area (Å²) in [6.07, 6.45) is 1.19. The van der Waals surface area contributed by atoms with Gasteiger partial charge in [-0.15, -0.1) is 0 Å². The molecule has 3 aromatic carbocycles. The second kappa shape index (κ2) is 9.51. The third kappa shape index (κ3) is 5.55. The third-order valence-electron chi connectivity index (χ3n) is 4.44. The second-order valence-electron chi connectivity index (χ2n) is 6.73. The van der Waals surface area contributed by atoms with Crippen LogP contribution in [0.3, 0.4) is 0 Å². The summed E-state index contributed by atoms with van der Waals surface area (Å²) in [6.45, 7) is 2.04. The molecule has 0 aliphatic heterocycles. The number of amides is 1. The van der Waals surface area contributed by atoms with Crippen LogP contribution in [0.4, 0.5) is 17.1 Å². The molecule has 0 saturated heterocycles. The number of anilines is 3. The molecule has 0 radical (unpaired) electrons. The molecule has 0 aliphatic carbocycles. The molecule has 0 heterocycles. The first kappa shape index (κ1) is 19.4. The molecule has 0 atom stereocenters. The van der Waals surface area contributed by atoms with E-state index in [4.69, 9.17) is 0 Å². The molecular formula is C24H24N2O2. The Morgan fingerprint density at radius 3 is 2.11 bits per heavy atom. The van der Waals surface area contributed by atoms with Crippen molar-refractivity contribution in [3.63, 3.8) is 0 Å². The summed E-state index contributed by atoms with van der Waals surface area (Å²) in [6, 6.07) is 24.8. The summed E-state index contributed by atoms with van der Waals surface area (Å²) < 4.78 is 0. The average molecular weight is 372 g/mol. The maximum atomic E-state index is 12.3. The molecule has 0 unspecified atom stereocenters. The Labute approximate surface area is 165 Å². The number of aryl methyl sites for hydroxylation is 1. The van der Waals surface area contributed by atoms with Crippen molar-refractivity contribution in [1.29, 1.82) is 0 Å². The van der Waals surface area contributed by atoms with Gasteiger partial charge < -0.3 is 10.6 Å². The van der Waals surface area contributed by atoms with Gasteiger partial charge in [-0.25, -0.2) is 0 Å². The molecular weight excluding hydrogens is 348 g/mol. The molecule has 0 spiro atoms. The lowest BCUT2D eigenvalue weighted by molar-refractivity contribution is -0.116. The summed E-state index contributed by atoms with van der Waals surface area (Å²) in [7, 11) is 0. The molecule has 0 bridgehead atoms. The average Bonchev–Trinajstić information content (AvgIpc) is 2.72. The number of hydrogen-bond acceptors (Lipinski definition) is 3. The molecule has 0 saturated carbocycles. The number of carbonyl (C=O) groups is 2. The maximum Gasteiger partial charge on any atom is 0.224 e. The first-order valence-corrected chi connectivity index (χ1v) is 9.42. The lowest BCUT2D eigenvalue weighted by Gasteiger charge is -2.13. The summed E-state index contributed by atoms with van der Waals surface area (Å²) in [5.74, 6) is -0.0335. The van der Waals surface area contributed by atoms with E-state index in [9.17, 15) is 9.59 Å². The maximum absolute atomic E-state index is 12.3. The first-order chi connectivity index (χ1) is 13.6. The molecule has 28 heavy (non-hydrogen) atoms. The summed E-state index contributed by atoms with van der Waals surface area (Å²) >= 11 is 0. The molecule has 0 fully saturated rings. The van der Waals surface area contributed by atoms with Crippen LogP contribution >= 0.6 is 0 Å². The Bertz CT molecular complexity index is 934. The van der Waals surface area contributed by atoms with Crippen LogP contribution in [-0.4, -0.2) is 11.7 Å². The molecule has 4 nitrogen and oxygen atoms in total. The monoisotopic (exact) mass is 372 g/mol. The van der Waals surface area contributed by atoms with Gasteiger partial charge in [0.05, 0.1) is 11.4 Å². The number of benzene rings is 3. The lowest BCUT2D eigenvalue weighted by Crippen LogP contribution is -2.13. The van der Waals surface area contributed by atoms with E-state index in [0.29, 0.717) is 24.8 Å². The fourth-order valence-corrected chi connectivity index (χ4v) is 2.88. The Morgan fingerprint density at radius 1 is 0.750 bits per heavy atom. The number of para-hydroxylation sites is 2. The lowest BCUT2D eigenvalue weighted by atomic mass is 10.1. The Hall–Kier alpha value is -3.40. The zero-order valence-corrected chi connectivity index (χ0v) is 15.9. The molecule has 3 rings (SSSR count). The van der Waals surface area contributed by atoms with Crippen LogP contribution in [-0.2, 0) is 4.79 Å². The van der Waals surface area contributed by atoms with Crippen LogP contribution in [0.1, 0.15) is 35.2 Å². The van der Waals surface area contributed by atoms with Crippen molar-refractivity contribution in [3.05, 3.63) is 90.0 Å². The fourth-order valence-electron chi connectivity index (χ4n) is 2.88. The summed E-state index contributed by atoms with van der Waals surface area (Å²) in [5, 5.41) is 6.28. The second-order valence-corrected chi connectivity index (χ2v) is 6.73. The van der Waals surface area contributed by atoms with E-state index in [2.05, 4.69) is 10.6 Å². The Kier molecular flexibility index (Phi) is 6.58. The van der Waals surface area contributed by atoms with Crippen molar-refractivity contribution in [2.75, 3.05) is 10.6 Å².